The highest BCUT2D eigenvalue weighted by molar-refractivity contribution is 5.78. The summed E-state index contributed by atoms with van der Waals surface area (Å²) in [5, 5.41) is 0. The molecule has 0 radical (unpaired) electrons. The summed E-state index contributed by atoms with van der Waals surface area (Å²) in [6.07, 6.45) is 2.54. The molecule has 0 aromatic carbocycles. The van der Waals surface area contributed by atoms with Crippen LogP contribution in [0.2, 0.25) is 0 Å². The summed E-state index contributed by atoms with van der Waals surface area (Å²) < 4.78 is 10.7. The average Bonchev–Trinajstić information content (AvgIpc) is 2.80. The lowest BCUT2D eigenvalue weighted by atomic mass is 10.2. The summed E-state index contributed by atoms with van der Waals surface area (Å²) in [7, 11) is 0. The SMILES string of the molecule is NC(=NCC1CCCO1)N1CCOCC1. The molecule has 1 unspecified atom stereocenters. The number of ether oxygens (including phenoxy) is 2. The van der Waals surface area contributed by atoms with Crippen LogP contribution >= 0.6 is 0 Å². The van der Waals surface area contributed by atoms with Crippen molar-refractivity contribution in [2.45, 2.75) is 18.9 Å². The average molecular weight is 213 g/mol. The molecule has 2 rings (SSSR count). The number of nitrogens with two attached hydrogens (primary N) is 1. The Morgan fingerprint density at radius 2 is 2.13 bits per heavy atom. The Balaban J connectivity index is 1.77. The molecule has 2 saturated heterocycles. The summed E-state index contributed by atoms with van der Waals surface area (Å²) in [4.78, 5) is 6.44. The zero-order valence-electron chi connectivity index (χ0n) is 9.02. The lowest BCUT2D eigenvalue weighted by Crippen LogP contribution is -2.45. The van der Waals surface area contributed by atoms with Gasteiger partial charge in [0.2, 0.25) is 0 Å². The first-order valence-corrected chi connectivity index (χ1v) is 5.60. The fraction of sp³-hybridized carbons (Fsp3) is 0.900. The summed E-state index contributed by atoms with van der Waals surface area (Å²) in [5.41, 5.74) is 5.89. The maximum Gasteiger partial charge on any atom is 0.191 e. The Labute approximate surface area is 90.2 Å². The molecular weight excluding hydrogens is 194 g/mol. The smallest absolute Gasteiger partial charge is 0.191 e. The van der Waals surface area contributed by atoms with Crippen molar-refractivity contribution in [2.75, 3.05) is 39.5 Å². The van der Waals surface area contributed by atoms with Crippen molar-refractivity contribution in [1.29, 1.82) is 0 Å². The summed E-state index contributed by atoms with van der Waals surface area (Å²) in [5.74, 6) is 0.633. The Bertz CT molecular complexity index is 221. The normalized spacial score (nSPS) is 28.4. The molecule has 2 N–H and O–H groups in total. The van der Waals surface area contributed by atoms with Gasteiger partial charge in [0.05, 0.1) is 25.9 Å². The van der Waals surface area contributed by atoms with Crippen molar-refractivity contribution in [3.63, 3.8) is 0 Å². The van der Waals surface area contributed by atoms with Crippen LogP contribution in [0.1, 0.15) is 12.8 Å². The van der Waals surface area contributed by atoms with Crippen molar-refractivity contribution in [1.82, 2.24) is 4.90 Å². The Hall–Kier alpha value is -0.810. The molecule has 1 atom stereocenters. The predicted octanol–water partition coefficient (Wildman–Crippen LogP) is -0.188. The molecular formula is C10H19N3O2. The standard InChI is InChI=1S/C10H19N3O2/c11-10(13-3-6-14-7-4-13)12-8-9-2-1-5-15-9/h9H,1-8H2,(H2,11,12). The first kappa shape index (κ1) is 10.7. The van der Waals surface area contributed by atoms with Crippen molar-refractivity contribution in [3.05, 3.63) is 0 Å². The minimum Gasteiger partial charge on any atom is -0.378 e. The van der Waals surface area contributed by atoms with Crippen LogP contribution in [-0.2, 0) is 9.47 Å². The van der Waals surface area contributed by atoms with E-state index in [1.807, 2.05) is 0 Å². The van der Waals surface area contributed by atoms with E-state index in [-0.39, 0.29) is 6.10 Å². The number of rotatable bonds is 2. The van der Waals surface area contributed by atoms with Crippen LogP contribution in [0.4, 0.5) is 0 Å². The monoisotopic (exact) mass is 213 g/mol. The number of morpholine rings is 1. The van der Waals surface area contributed by atoms with Gasteiger partial charge in [0.15, 0.2) is 5.96 Å². The van der Waals surface area contributed by atoms with Crippen LogP contribution in [0.15, 0.2) is 4.99 Å². The Kier molecular flexibility index (Phi) is 3.80. The van der Waals surface area contributed by atoms with Crippen LogP contribution in [0.25, 0.3) is 0 Å². The number of hydrogen-bond donors (Lipinski definition) is 1. The third-order valence-electron chi connectivity index (χ3n) is 2.82. The molecule has 0 aromatic heterocycles. The molecule has 0 saturated carbocycles. The third-order valence-corrected chi connectivity index (χ3v) is 2.82. The van der Waals surface area contributed by atoms with Crippen LogP contribution in [0.5, 0.6) is 0 Å². The van der Waals surface area contributed by atoms with E-state index in [4.69, 9.17) is 15.2 Å². The summed E-state index contributed by atoms with van der Waals surface area (Å²) in [6, 6.07) is 0. The van der Waals surface area contributed by atoms with E-state index in [9.17, 15) is 0 Å². The fourth-order valence-electron chi connectivity index (χ4n) is 1.88. The van der Waals surface area contributed by atoms with Crippen molar-refractivity contribution < 1.29 is 9.47 Å². The molecule has 5 heteroatoms. The maximum atomic E-state index is 5.89. The first-order valence-electron chi connectivity index (χ1n) is 5.60. The van der Waals surface area contributed by atoms with Gasteiger partial charge in [-0.15, -0.1) is 0 Å². The van der Waals surface area contributed by atoms with E-state index < -0.39 is 0 Å². The van der Waals surface area contributed by atoms with Gasteiger partial charge in [-0.25, -0.2) is 0 Å². The van der Waals surface area contributed by atoms with Gasteiger partial charge in [0, 0.05) is 19.7 Å². The van der Waals surface area contributed by atoms with Gasteiger partial charge in [-0.2, -0.15) is 0 Å². The van der Waals surface area contributed by atoms with E-state index in [1.165, 1.54) is 0 Å². The fourth-order valence-corrected chi connectivity index (χ4v) is 1.88. The molecule has 0 spiro atoms. The van der Waals surface area contributed by atoms with E-state index in [1.54, 1.807) is 0 Å². The molecule has 2 heterocycles. The van der Waals surface area contributed by atoms with Crippen LogP contribution in [0, 0.1) is 0 Å². The van der Waals surface area contributed by atoms with Crippen LogP contribution in [-0.4, -0.2) is 56.4 Å². The van der Waals surface area contributed by atoms with Crippen molar-refractivity contribution in [2.24, 2.45) is 10.7 Å². The minimum absolute atomic E-state index is 0.282. The molecule has 2 aliphatic rings. The number of hydrogen-bond acceptors (Lipinski definition) is 3. The number of guanidine groups is 1. The molecule has 0 aromatic rings. The first-order chi connectivity index (χ1) is 7.36. The van der Waals surface area contributed by atoms with Crippen molar-refractivity contribution in [3.8, 4) is 0 Å². The van der Waals surface area contributed by atoms with Gasteiger partial charge in [-0.3, -0.25) is 4.99 Å². The van der Waals surface area contributed by atoms with Gasteiger partial charge >= 0.3 is 0 Å². The van der Waals surface area contributed by atoms with Gasteiger partial charge in [-0.05, 0) is 12.8 Å². The number of aliphatic imine (C=N–C) groups is 1. The Morgan fingerprint density at radius 3 is 2.80 bits per heavy atom. The molecule has 0 aliphatic carbocycles. The zero-order valence-corrected chi connectivity index (χ0v) is 9.02. The highest BCUT2D eigenvalue weighted by atomic mass is 16.5. The van der Waals surface area contributed by atoms with Crippen LogP contribution in [0.3, 0.4) is 0 Å². The third kappa shape index (κ3) is 3.07. The van der Waals surface area contributed by atoms with E-state index in [0.29, 0.717) is 12.5 Å². The summed E-state index contributed by atoms with van der Waals surface area (Å²) >= 11 is 0. The topological polar surface area (TPSA) is 60.1 Å². The largest absolute Gasteiger partial charge is 0.378 e. The Morgan fingerprint density at radius 1 is 1.33 bits per heavy atom. The van der Waals surface area contributed by atoms with Gasteiger partial charge in [-0.1, -0.05) is 0 Å². The highest BCUT2D eigenvalue weighted by Gasteiger charge is 2.16. The minimum atomic E-state index is 0.282. The van der Waals surface area contributed by atoms with Gasteiger partial charge in [0.1, 0.15) is 0 Å². The molecule has 15 heavy (non-hydrogen) atoms. The van der Waals surface area contributed by atoms with Gasteiger partial charge < -0.3 is 20.1 Å². The molecule has 5 nitrogen and oxygen atoms in total. The molecule has 2 aliphatic heterocycles. The quantitative estimate of drug-likeness (QED) is 0.510. The second-order valence-electron chi connectivity index (χ2n) is 3.93. The lowest BCUT2D eigenvalue weighted by molar-refractivity contribution is 0.0670. The van der Waals surface area contributed by atoms with E-state index in [2.05, 4.69) is 9.89 Å². The summed E-state index contributed by atoms with van der Waals surface area (Å²) in [6.45, 7) is 4.76. The molecule has 86 valence electrons. The highest BCUT2D eigenvalue weighted by Crippen LogP contribution is 2.11. The zero-order chi connectivity index (χ0) is 10.5. The second kappa shape index (κ2) is 5.32. The molecule has 0 amide bonds. The number of nitrogens with zero attached hydrogens (tertiary/aromatic N) is 2. The lowest BCUT2D eigenvalue weighted by Gasteiger charge is -2.27. The molecule has 2 fully saturated rings. The van der Waals surface area contributed by atoms with E-state index in [0.717, 1.165) is 45.8 Å². The van der Waals surface area contributed by atoms with Crippen LogP contribution < -0.4 is 5.73 Å². The predicted molar refractivity (Wildman–Crippen MR) is 57.9 cm³/mol. The van der Waals surface area contributed by atoms with Gasteiger partial charge in [0.25, 0.3) is 0 Å². The second-order valence-corrected chi connectivity index (χ2v) is 3.93. The van der Waals surface area contributed by atoms with Crippen molar-refractivity contribution >= 4 is 5.96 Å². The maximum absolute atomic E-state index is 5.89. The van der Waals surface area contributed by atoms with E-state index >= 15 is 0 Å². The molecule has 0 bridgehead atoms.